The van der Waals surface area contributed by atoms with Gasteiger partial charge in [-0.3, -0.25) is 14.7 Å². The summed E-state index contributed by atoms with van der Waals surface area (Å²) < 4.78 is 6.97. The summed E-state index contributed by atoms with van der Waals surface area (Å²) >= 11 is 0. The molecule has 0 unspecified atom stereocenters. The molecule has 1 aromatic carbocycles. The van der Waals surface area contributed by atoms with Crippen LogP contribution in [0.4, 0.5) is 5.69 Å². The van der Waals surface area contributed by atoms with Gasteiger partial charge in [-0.15, -0.1) is 0 Å². The fourth-order valence-corrected chi connectivity index (χ4v) is 1.79. The van der Waals surface area contributed by atoms with E-state index in [1.807, 2.05) is 0 Å². The van der Waals surface area contributed by atoms with Crippen LogP contribution >= 0.6 is 0 Å². The van der Waals surface area contributed by atoms with E-state index in [0.717, 1.165) is 0 Å². The van der Waals surface area contributed by atoms with Gasteiger partial charge in [0.05, 0.1) is 11.5 Å². The van der Waals surface area contributed by atoms with Crippen LogP contribution in [0.2, 0.25) is 0 Å². The fourth-order valence-electron chi connectivity index (χ4n) is 1.79. The molecule has 18 heavy (non-hydrogen) atoms. The molecule has 0 atom stereocenters. The van der Waals surface area contributed by atoms with Crippen LogP contribution in [0.5, 0.6) is 5.75 Å². The molecule has 94 valence electrons. The minimum atomic E-state index is -0.431. The van der Waals surface area contributed by atoms with Gasteiger partial charge in [0.2, 0.25) is 0 Å². The molecule has 0 fully saturated rings. The van der Waals surface area contributed by atoms with Crippen molar-refractivity contribution in [2.24, 2.45) is 0 Å². The van der Waals surface area contributed by atoms with Gasteiger partial charge in [0.15, 0.2) is 5.75 Å². The Morgan fingerprint density at radius 1 is 1.50 bits per heavy atom. The van der Waals surface area contributed by atoms with Crippen LogP contribution in [0.25, 0.3) is 5.69 Å². The summed E-state index contributed by atoms with van der Waals surface area (Å²) in [4.78, 5) is 14.9. The maximum atomic E-state index is 11.2. The van der Waals surface area contributed by atoms with Crippen molar-refractivity contribution in [1.29, 1.82) is 0 Å². The first-order chi connectivity index (χ1) is 8.65. The van der Waals surface area contributed by atoms with Gasteiger partial charge >= 0.3 is 5.69 Å². The Morgan fingerprint density at radius 2 is 2.28 bits per heavy atom. The molecule has 0 saturated carbocycles. The quantitative estimate of drug-likeness (QED) is 0.614. The number of nitro benzene ring substituents is 1. The monoisotopic (exact) mass is 247 g/mol. The van der Waals surface area contributed by atoms with Crippen molar-refractivity contribution < 1.29 is 9.66 Å². The molecule has 1 heterocycles. The standard InChI is InChI=1S/C12H13N3O3/c1-3-18-11-6-4-5-10(12(11)15(16)17)14-8-7-13-9(14)2/h4-8H,3H2,1-2H3. The Labute approximate surface area is 104 Å². The van der Waals surface area contributed by atoms with Crippen LogP contribution < -0.4 is 4.74 Å². The second-order valence-electron chi connectivity index (χ2n) is 3.66. The Kier molecular flexibility index (Phi) is 3.27. The van der Waals surface area contributed by atoms with E-state index in [4.69, 9.17) is 4.74 Å². The van der Waals surface area contributed by atoms with Crippen molar-refractivity contribution in [3.63, 3.8) is 0 Å². The number of para-hydroxylation sites is 1. The predicted molar refractivity (Wildman–Crippen MR) is 66.1 cm³/mol. The highest BCUT2D eigenvalue weighted by Crippen LogP contribution is 2.33. The summed E-state index contributed by atoms with van der Waals surface area (Å²) in [6.07, 6.45) is 3.29. The van der Waals surface area contributed by atoms with Gasteiger partial charge in [0.25, 0.3) is 0 Å². The van der Waals surface area contributed by atoms with Gasteiger partial charge in [0.1, 0.15) is 11.5 Å². The van der Waals surface area contributed by atoms with Gasteiger partial charge < -0.3 is 4.74 Å². The lowest BCUT2D eigenvalue weighted by Crippen LogP contribution is -2.04. The molecule has 0 aliphatic rings. The molecular formula is C12H13N3O3. The van der Waals surface area contributed by atoms with Gasteiger partial charge in [-0.25, -0.2) is 4.98 Å². The third-order valence-electron chi connectivity index (χ3n) is 2.55. The number of benzene rings is 1. The molecular weight excluding hydrogens is 234 g/mol. The number of aromatic nitrogens is 2. The molecule has 0 saturated heterocycles. The second-order valence-corrected chi connectivity index (χ2v) is 3.66. The number of hydrogen-bond acceptors (Lipinski definition) is 4. The van der Waals surface area contributed by atoms with Crippen molar-refractivity contribution >= 4 is 5.69 Å². The molecule has 0 bridgehead atoms. The summed E-state index contributed by atoms with van der Waals surface area (Å²) in [7, 11) is 0. The van der Waals surface area contributed by atoms with E-state index in [2.05, 4.69) is 4.98 Å². The minimum absolute atomic E-state index is 0.0412. The Balaban J connectivity index is 2.64. The van der Waals surface area contributed by atoms with E-state index in [9.17, 15) is 10.1 Å². The smallest absolute Gasteiger partial charge is 0.334 e. The first-order valence-electron chi connectivity index (χ1n) is 5.55. The highest BCUT2D eigenvalue weighted by Gasteiger charge is 2.22. The molecule has 2 aromatic rings. The van der Waals surface area contributed by atoms with E-state index in [1.54, 1.807) is 49.0 Å². The van der Waals surface area contributed by atoms with Gasteiger partial charge in [-0.2, -0.15) is 0 Å². The lowest BCUT2D eigenvalue weighted by Gasteiger charge is -2.09. The average molecular weight is 247 g/mol. The van der Waals surface area contributed by atoms with Crippen LogP contribution in [-0.4, -0.2) is 21.1 Å². The van der Waals surface area contributed by atoms with E-state index >= 15 is 0 Å². The second kappa shape index (κ2) is 4.87. The fraction of sp³-hybridized carbons (Fsp3) is 0.250. The molecule has 0 radical (unpaired) electrons. The summed E-state index contributed by atoms with van der Waals surface area (Å²) in [6, 6.07) is 5.00. The first-order valence-corrected chi connectivity index (χ1v) is 5.55. The molecule has 2 rings (SSSR count). The summed E-state index contributed by atoms with van der Waals surface area (Å²) in [6.45, 7) is 3.96. The highest BCUT2D eigenvalue weighted by atomic mass is 16.6. The minimum Gasteiger partial charge on any atom is -0.487 e. The van der Waals surface area contributed by atoms with E-state index in [0.29, 0.717) is 18.1 Å². The van der Waals surface area contributed by atoms with Crippen molar-refractivity contribution in [2.45, 2.75) is 13.8 Å². The van der Waals surface area contributed by atoms with Crippen LogP contribution in [-0.2, 0) is 0 Å². The Bertz CT molecular complexity index is 578. The largest absolute Gasteiger partial charge is 0.487 e. The third-order valence-corrected chi connectivity index (χ3v) is 2.55. The summed E-state index contributed by atoms with van der Waals surface area (Å²) in [5, 5.41) is 11.2. The van der Waals surface area contributed by atoms with Crippen LogP contribution in [0.1, 0.15) is 12.7 Å². The Morgan fingerprint density at radius 3 is 2.83 bits per heavy atom. The van der Waals surface area contributed by atoms with Crippen molar-refractivity contribution in [2.75, 3.05) is 6.61 Å². The summed E-state index contributed by atoms with van der Waals surface area (Å²) in [5.41, 5.74) is 0.418. The topological polar surface area (TPSA) is 70.2 Å². The number of hydrogen-bond donors (Lipinski definition) is 0. The summed E-state index contributed by atoms with van der Waals surface area (Å²) in [5.74, 6) is 0.958. The number of nitrogens with zero attached hydrogens (tertiary/aromatic N) is 3. The Hall–Kier alpha value is -2.37. The van der Waals surface area contributed by atoms with Gasteiger partial charge in [-0.1, -0.05) is 6.07 Å². The number of rotatable bonds is 4. The first kappa shape index (κ1) is 12.1. The number of ether oxygens (including phenoxy) is 1. The third kappa shape index (κ3) is 2.04. The predicted octanol–water partition coefficient (Wildman–Crippen LogP) is 2.49. The van der Waals surface area contributed by atoms with Gasteiger partial charge in [-0.05, 0) is 26.0 Å². The van der Waals surface area contributed by atoms with Crippen molar-refractivity contribution in [3.05, 3.63) is 46.5 Å². The molecule has 0 amide bonds. The van der Waals surface area contributed by atoms with E-state index in [1.165, 1.54) is 0 Å². The molecule has 6 heteroatoms. The molecule has 6 nitrogen and oxygen atoms in total. The normalized spacial score (nSPS) is 10.3. The number of nitro groups is 1. The van der Waals surface area contributed by atoms with Crippen molar-refractivity contribution in [3.8, 4) is 11.4 Å². The van der Waals surface area contributed by atoms with Crippen LogP contribution in [0, 0.1) is 17.0 Å². The molecule has 1 aromatic heterocycles. The highest BCUT2D eigenvalue weighted by molar-refractivity contribution is 5.61. The van der Waals surface area contributed by atoms with Crippen LogP contribution in [0.15, 0.2) is 30.6 Å². The van der Waals surface area contributed by atoms with Crippen molar-refractivity contribution in [1.82, 2.24) is 9.55 Å². The zero-order valence-corrected chi connectivity index (χ0v) is 10.2. The van der Waals surface area contributed by atoms with E-state index < -0.39 is 4.92 Å². The lowest BCUT2D eigenvalue weighted by molar-refractivity contribution is -0.385. The SMILES string of the molecule is CCOc1cccc(-n2ccnc2C)c1[N+](=O)[O-]. The maximum Gasteiger partial charge on any atom is 0.334 e. The zero-order chi connectivity index (χ0) is 13.1. The molecule has 0 aliphatic heterocycles. The molecule has 0 aliphatic carbocycles. The van der Waals surface area contributed by atoms with Crippen LogP contribution in [0.3, 0.4) is 0 Å². The average Bonchev–Trinajstić information content (AvgIpc) is 2.75. The maximum absolute atomic E-state index is 11.2. The number of imidazole rings is 1. The molecule has 0 spiro atoms. The number of aryl methyl sites for hydroxylation is 1. The van der Waals surface area contributed by atoms with E-state index in [-0.39, 0.29) is 11.4 Å². The van der Waals surface area contributed by atoms with Gasteiger partial charge in [0, 0.05) is 12.4 Å². The molecule has 0 N–H and O–H groups in total. The zero-order valence-electron chi connectivity index (χ0n) is 10.2. The lowest BCUT2D eigenvalue weighted by atomic mass is 10.2.